The predicted molar refractivity (Wildman–Crippen MR) is 53.4 cm³/mol. The number of hydrogen-bond acceptors (Lipinski definition) is 1. The highest BCUT2D eigenvalue weighted by Crippen LogP contribution is 2.31. The molecule has 1 aliphatic rings. The number of benzene rings is 1. The maximum atomic E-state index is 13.3. The minimum atomic E-state index is -0.385. The molecule has 0 fully saturated rings. The summed E-state index contributed by atoms with van der Waals surface area (Å²) < 4.78 is 13.3. The van der Waals surface area contributed by atoms with Crippen molar-refractivity contribution in [3.63, 3.8) is 0 Å². The van der Waals surface area contributed by atoms with E-state index in [0.717, 1.165) is 18.4 Å². The van der Waals surface area contributed by atoms with Crippen LogP contribution in [0.25, 0.3) is 0 Å². The first kappa shape index (κ1) is 9.66. The molecule has 1 aliphatic carbocycles. The predicted octanol–water partition coefficient (Wildman–Crippen LogP) is 3.31. The highest BCUT2D eigenvalue weighted by atomic mass is 35.5. The minimum Gasteiger partial charge on any atom is -0.294 e. The largest absolute Gasteiger partial charge is 0.294 e. The van der Waals surface area contributed by atoms with Gasteiger partial charge in [0.15, 0.2) is 5.78 Å². The quantitative estimate of drug-likeness (QED) is 0.645. The Labute approximate surface area is 86.9 Å². The maximum absolute atomic E-state index is 13.3. The van der Waals surface area contributed by atoms with Crippen molar-refractivity contribution in [2.75, 3.05) is 0 Å². The molecule has 0 unspecified atom stereocenters. The number of carbonyl (C=O) groups excluding carboxylic acids is 1. The lowest BCUT2D eigenvalue weighted by Gasteiger charge is -2.18. The summed E-state index contributed by atoms with van der Waals surface area (Å²) in [5.74, 6) is -0.367. The fourth-order valence-electron chi connectivity index (χ4n) is 1.94. The summed E-state index contributed by atoms with van der Waals surface area (Å²) in [7, 11) is 0. The highest BCUT2D eigenvalue weighted by molar-refractivity contribution is 6.32. The van der Waals surface area contributed by atoms with Crippen molar-refractivity contribution in [1.29, 1.82) is 0 Å². The standard InChI is InChI=1S/C11H10ClFO/c1-6-9(13)5-8(12)7-3-2-4-10(14)11(6)7/h5H,2-4H2,1H3. The van der Waals surface area contributed by atoms with E-state index in [1.165, 1.54) is 6.07 Å². The normalized spacial score (nSPS) is 15.5. The molecular weight excluding hydrogens is 203 g/mol. The lowest BCUT2D eigenvalue weighted by Crippen LogP contribution is -2.14. The van der Waals surface area contributed by atoms with Crippen molar-refractivity contribution in [1.82, 2.24) is 0 Å². The van der Waals surface area contributed by atoms with Crippen LogP contribution in [-0.4, -0.2) is 5.78 Å². The molecule has 0 aliphatic heterocycles. The Morgan fingerprint density at radius 1 is 1.43 bits per heavy atom. The van der Waals surface area contributed by atoms with Gasteiger partial charge < -0.3 is 0 Å². The number of Topliss-reactive ketones (excluding diaryl/α,β-unsaturated/α-hetero) is 1. The van der Waals surface area contributed by atoms with E-state index in [0.29, 0.717) is 22.6 Å². The molecular formula is C11H10ClFO. The Bertz CT molecular complexity index is 412. The molecule has 0 spiro atoms. The van der Waals surface area contributed by atoms with Gasteiger partial charge in [0.25, 0.3) is 0 Å². The summed E-state index contributed by atoms with van der Waals surface area (Å²) in [6, 6.07) is 1.30. The monoisotopic (exact) mass is 212 g/mol. The van der Waals surface area contributed by atoms with Crippen LogP contribution in [-0.2, 0) is 6.42 Å². The third-order valence-electron chi connectivity index (χ3n) is 2.69. The van der Waals surface area contributed by atoms with Crippen molar-refractivity contribution in [2.24, 2.45) is 0 Å². The number of rotatable bonds is 0. The van der Waals surface area contributed by atoms with Crippen LogP contribution in [0.2, 0.25) is 5.02 Å². The smallest absolute Gasteiger partial charge is 0.163 e. The van der Waals surface area contributed by atoms with Gasteiger partial charge in [-0.15, -0.1) is 0 Å². The van der Waals surface area contributed by atoms with Crippen molar-refractivity contribution < 1.29 is 9.18 Å². The van der Waals surface area contributed by atoms with E-state index < -0.39 is 0 Å². The molecule has 0 aromatic heterocycles. The zero-order chi connectivity index (χ0) is 10.3. The van der Waals surface area contributed by atoms with Gasteiger partial charge >= 0.3 is 0 Å². The summed E-state index contributed by atoms with van der Waals surface area (Å²) in [5, 5.41) is 0.385. The zero-order valence-electron chi connectivity index (χ0n) is 7.86. The van der Waals surface area contributed by atoms with Gasteiger partial charge in [-0.05, 0) is 37.0 Å². The zero-order valence-corrected chi connectivity index (χ0v) is 8.62. The lowest BCUT2D eigenvalue weighted by atomic mass is 9.87. The molecule has 0 atom stereocenters. The first-order chi connectivity index (χ1) is 6.61. The Morgan fingerprint density at radius 2 is 2.14 bits per heavy atom. The highest BCUT2D eigenvalue weighted by Gasteiger charge is 2.23. The summed E-state index contributed by atoms with van der Waals surface area (Å²) >= 11 is 5.89. The number of ketones is 1. The van der Waals surface area contributed by atoms with Crippen LogP contribution in [0.1, 0.15) is 34.3 Å². The van der Waals surface area contributed by atoms with Crippen LogP contribution in [0.5, 0.6) is 0 Å². The van der Waals surface area contributed by atoms with Crippen LogP contribution >= 0.6 is 11.6 Å². The molecule has 74 valence electrons. The van der Waals surface area contributed by atoms with E-state index >= 15 is 0 Å². The van der Waals surface area contributed by atoms with Gasteiger partial charge in [-0.2, -0.15) is 0 Å². The van der Waals surface area contributed by atoms with Crippen LogP contribution in [0.4, 0.5) is 4.39 Å². The second-order valence-electron chi connectivity index (χ2n) is 3.60. The first-order valence-corrected chi connectivity index (χ1v) is 4.99. The van der Waals surface area contributed by atoms with Crippen molar-refractivity contribution in [3.8, 4) is 0 Å². The second-order valence-corrected chi connectivity index (χ2v) is 4.00. The average Bonchev–Trinajstić information content (AvgIpc) is 2.14. The van der Waals surface area contributed by atoms with Gasteiger partial charge in [0.05, 0.1) is 0 Å². The van der Waals surface area contributed by atoms with Crippen molar-refractivity contribution in [3.05, 3.63) is 33.6 Å². The number of carbonyl (C=O) groups is 1. The topological polar surface area (TPSA) is 17.1 Å². The minimum absolute atomic E-state index is 0.0187. The number of halogens is 2. The molecule has 0 saturated heterocycles. The molecule has 1 nitrogen and oxygen atoms in total. The molecule has 2 rings (SSSR count). The molecule has 0 radical (unpaired) electrons. The van der Waals surface area contributed by atoms with Gasteiger partial charge in [-0.25, -0.2) is 4.39 Å². The molecule has 1 aromatic carbocycles. The Kier molecular flexibility index (Phi) is 2.31. The van der Waals surface area contributed by atoms with E-state index in [-0.39, 0.29) is 11.6 Å². The first-order valence-electron chi connectivity index (χ1n) is 4.62. The van der Waals surface area contributed by atoms with Crippen LogP contribution < -0.4 is 0 Å². The summed E-state index contributed by atoms with van der Waals surface area (Å²) in [6.07, 6.45) is 2.10. The SMILES string of the molecule is Cc1c(F)cc(Cl)c2c1C(=O)CCC2. The molecule has 0 N–H and O–H groups in total. The maximum Gasteiger partial charge on any atom is 0.163 e. The molecule has 0 saturated carbocycles. The summed E-state index contributed by atoms with van der Waals surface area (Å²) in [5.41, 5.74) is 1.78. The molecule has 1 aromatic rings. The lowest BCUT2D eigenvalue weighted by molar-refractivity contribution is 0.0971. The van der Waals surface area contributed by atoms with Crippen LogP contribution in [0, 0.1) is 12.7 Å². The van der Waals surface area contributed by atoms with Crippen LogP contribution in [0.15, 0.2) is 6.07 Å². The Balaban J connectivity index is 2.73. The number of fused-ring (bicyclic) bond motifs is 1. The third-order valence-corrected chi connectivity index (χ3v) is 3.02. The molecule has 0 heterocycles. The Morgan fingerprint density at radius 3 is 2.86 bits per heavy atom. The molecule has 0 bridgehead atoms. The third kappa shape index (κ3) is 1.34. The summed E-state index contributed by atoms with van der Waals surface area (Å²) in [6.45, 7) is 1.63. The van der Waals surface area contributed by atoms with E-state index in [1.807, 2.05) is 0 Å². The number of hydrogen-bond donors (Lipinski definition) is 0. The van der Waals surface area contributed by atoms with Gasteiger partial charge in [0.2, 0.25) is 0 Å². The summed E-state index contributed by atoms with van der Waals surface area (Å²) in [4.78, 5) is 11.6. The van der Waals surface area contributed by atoms with E-state index in [2.05, 4.69) is 0 Å². The van der Waals surface area contributed by atoms with Gasteiger partial charge in [-0.1, -0.05) is 11.6 Å². The molecule has 14 heavy (non-hydrogen) atoms. The van der Waals surface area contributed by atoms with Crippen molar-refractivity contribution in [2.45, 2.75) is 26.2 Å². The average molecular weight is 213 g/mol. The second kappa shape index (κ2) is 3.35. The van der Waals surface area contributed by atoms with E-state index in [4.69, 9.17) is 11.6 Å². The Hall–Kier alpha value is -0.890. The van der Waals surface area contributed by atoms with Crippen LogP contribution in [0.3, 0.4) is 0 Å². The fraction of sp³-hybridized carbons (Fsp3) is 0.364. The molecule has 0 amide bonds. The van der Waals surface area contributed by atoms with Gasteiger partial charge in [-0.3, -0.25) is 4.79 Å². The van der Waals surface area contributed by atoms with E-state index in [1.54, 1.807) is 6.92 Å². The van der Waals surface area contributed by atoms with Gasteiger partial charge in [0, 0.05) is 17.0 Å². The van der Waals surface area contributed by atoms with E-state index in [9.17, 15) is 9.18 Å². The molecule has 3 heteroatoms. The van der Waals surface area contributed by atoms with Crippen molar-refractivity contribution >= 4 is 17.4 Å². The fourth-order valence-corrected chi connectivity index (χ4v) is 2.23. The van der Waals surface area contributed by atoms with Gasteiger partial charge in [0.1, 0.15) is 5.82 Å².